The van der Waals surface area contributed by atoms with Crippen LogP contribution in [-0.2, 0) is 4.79 Å². The Balaban J connectivity index is 2.01. The van der Waals surface area contributed by atoms with E-state index in [1.807, 2.05) is 16.7 Å². The van der Waals surface area contributed by atoms with Gasteiger partial charge < -0.3 is 10.2 Å². The van der Waals surface area contributed by atoms with E-state index in [4.69, 9.17) is 0 Å². The summed E-state index contributed by atoms with van der Waals surface area (Å²) in [5.41, 5.74) is 1.32. The third-order valence-electron chi connectivity index (χ3n) is 3.35. The van der Waals surface area contributed by atoms with Gasteiger partial charge in [0.05, 0.1) is 0 Å². The molecule has 1 saturated heterocycles. The van der Waals surface area contributed by atoms with Gasteiger partial charge in [0.1, 0.15) is 0 Å². The summed E-state index contributed by atoms with van der Waals surface area (Å²) in [6.07, 6.45) is 4.35. The fourth-order valence-electron chi connectivity index (χ4n) is 2.18. The number of carbonyl (C=O) groups is 2. The molecule has 0 radical (unpaired) electrons. The molecule has 1 atom stereocenters. The summed E-state index contributed by atoms with van der Waals surface area (Å²) in [4.78, 5) is 25.4. The van der Waals surface area contributed by atoms with E-state index in [0.29, 0.717) is 16.5 Å². The van der Waals surface area contributed by atoms with E-state index in [0.717, 1.165) is 19.5 Å². The molecule has 1 aromatic carbocycles. The zero-order valence-corrected chi connectivity index (χ0v) is 12.3. The van der Waals surface area contributed by atoms with E-state index < -0.39 is 0 Å². The highest BCUT2D eigenvalue weighted by Gasteiger charge is 2.26. The van der Waals surface area contributed by atoms with Crippen LogP contribution in [0.15, 0.2) is 36.9 Å². The second-order valence-corrected chi connectivity index (χ2v) is 5.81. The Labute approximate surface area is 123 Å². The summed E-state index contributed by atoms with van der Waals surface area (Å²) in [6.45, 7) is 5.03. The van der Waals surface area contributed by atoms with Crippen molar-refractivity contribution in [2.24, 2.45) is 0 Å². The number of benzene rings is 1. The van der Waals surface area contributed by atoms with Gasteiger partial charge in [0.25, 0.3) is 5.91 Å². The predicted octanol–water partition coefficient (Wildman–Crippen LogP) is 2.39. The molecule has 1 aliphatic heterocycles. The van der Waals surface area contributed by atoms with E-state index in [1.54, 1.807) is 24.3 Å². The zero-order chi connectivity index (χ0) is 14.5. The lowest BCUT2D eigenvalue weighted by atomic mass is 10.2. The van der Waals surface area contributed by atoms with Crippen LogP contribution in [0.1, 0.15) is 16.8 Å². The SMILES string of the molecule is C=CC(=O)Nc1ccc(C(=O)N2CCC(SC)C2)cc1. The summed E-state index contributed by atoms with van der Waals surface area (Å²) >= 11 is 1.81. The maximum absolute atomic E-state index is 12.3. The molecular weight excluding hydrogens is 272 g/mol. The Morgan fingerprint density at radius 3 is 2.65 bits per heavy atom. The first-order valence-corrected chi connectivity index (χ1v) is 7.78. The van der Waals surface area contributed by atoms with Crippen molar-refractivity contribution < 1.29 is 9.59 Å². The van der Waals surface area contributed by atoms with Gasteiger partial charge in [-0.25, -0.2) is 0 Å². The van der Waals surface area contributed by atoms with E-state index in [9.17, 15) is 9.59 Å². The molecule has 1 fully saturated rings. The highest BCUT2D eigenvalue weighted by atomic mass is 32.2. The molecule has 0 aromatic heterocycles. The van der Waals surface area contributed by atoms with Gasteiger partial charge in [0, 0.05) is 29.6 Å². The number of anilines is 1. The molecule has 4 nitrogen and oxygen atoms in total. The third kappa shape index (κ3) is 3.42. The lowest BCUT2D eigenvalue weighted by Crippen LogP contribution is -2.29. The number of hydrogen-bond acceptors (Lipinski definition) is 3. The predicted molar refractivity (Wildman–Crippen MR) is 83.1 cm³/mol. The first kappa shape index (κ1) is 14.7. The van der Waals surface area contributed by atoms with Crippen LogP contribution in [0.2, 0.25) is 0 Å². The third-order valence-corrected chi connectivity index (χ3v) is 4.40. The van der Waals surface area contributed by atoms with Crippen molar-refractivity contribution in [1.29, 1.82) is 0 Å². The maximum Gasteiger partial charge on any atom is 0.253 e. The van der Waals surface area contributed by atoms with Crippen molar-refractivity contribution >= 4 is 29.3 Å². The second-order valence-electron chi connectivity index (χ2n) is 4.67. The lowest BCUT2D eigenvalue weighted by molar-refractivity contribution is -0.111. The molecule has 1 N–H and O–H groups in total. The average molecular weight is 290 g/mol. The van der Waals surface area contributed by atoms with Gasteiger partial charge >= 0.3 is 0 Å². The van der Waals surface area contributed by atoms with Crippen molar-refractivity contribution in [2.75, 3.05) is 24.7 Å². The molecule has 1 heterocycles. The number of rotatable bonds is 4. The molecule has 5 heteroatoms. The number of thioether (sulfide) groups is 1. The molecule has 2 amide bonds. The van der Waals surface area contributed by atoms with E-state index in [-0.39, 0.29) is 11.8 Å². The molecule has 2 rings (SSSR count). The van der Waals surface area contributed by atoms with Gasteiger partial charge in [-0.1, -0.05) is 6.58 Å². The minimum atomic E-state index is -0.258. The fourth-order valence-corrected chi connectivity index (χ4v) is 2.85. The quantitative estimate of drug-likeness (QED) is 0.866. The fraction of sp³-hybridized carbons (Fsp3) is 0.333. The number of likely N-dealkylation sites (tertiary alicyclic amines) is 1. The van der Waals surface area contributed by atoms with Gasteiger partial charge in [-0.2, -0.15) is 11.8 Å². The summed E-state index contributed by atoms with van der Waals surface area (Å²) < 4.78 is 0. The molecule has 0 saturated carbocycles. The zero-order valence-electron chi connectivity index (χ0n) is 11.5. The number of hydrogen-bond donors (Lipinski definition) is 1. The van der Waals surface area contributed by atoms with Crippen LogP contribution in [-0.4, -0.2) is 41.3 Å². The van der Waals surface area contributed by atoms with Crippen molar-refractivity contribution in [1.82, 2.24) is 4.90 Å². The molecule has 0 aliphatic carbocycles. The topological polar surface area (TPSA) is 49.4 Å². The Morgan fingerprint density at radius 2 is 2.10 bits per heavy atom. The molecular formula is C15H18N2O2S. The van der Waals surface area contributed by atoms with Crippen molar-refractivity contribution in [3.8, 4) is 0 Å². The van der Waals surface area contributed by atoms with Crippen LogP contribution < -0.4 is 5.32 Å². The second kappa shape index (κ2) is 6.61. The van der Waals surface area contributed by atoms with Crippen LogP contribution in [0, 0.1) is 0 Å². The molecule has 1 aromatic rings. The highest BCUT2D eigenvalue weighted by Crippen LogP contribution is 2.22. The molecule has 0 spiro atoms. The number of nitrogens with one attached hydrogen (secondary N) is 1. The Hall–Kier alpha value is -1.75. The van der Waals surface area contributed by atoms with Gasteiger partial charge in [-0.15, -0.1) is 0 Å². The highest BCUT2D eigenvalue weighted by molar-refractivity contribution is 7.99. The van der Waals surface area contributed by atoms with Crippen LogP contribution in [0.3, 0.4) is 0 Å². The van der Waals surface area contributed by atoms with Crippen LogP contribution in [0.25, 0.3) is 0 Å². The van der Waals surface area contributed by atoms with Gasteiger partial charge in [-0.3, -0.25) is 9.59 Å². The van der Waals surface area contributed by atoms with Crippen LogP contribution >= 0.6 is 11.8 Å². The molecule has 0 bridgehead atoms. The van der Waals surface area contributed by atoms with E-state index >= 15 is 0 Å². The minimum Gasteiger partial charge on any atom is -0.337 e. The van der Waals surface area contributed by atoms with Gasteiger partial charge in [-0.05, 0) is 43.0 Å². The lowest BCUT2D eigenvalue weighted by Gasteiger charge is -2.16. The normalized spacial score (nSPS) is 17.9. The Kier molecular flexibility index (Phi) is 4.84. The van der Waals surface area contributed by atoms with Gasteiger partial charge in [0.2, 0.25) is 5.91 Å². The minimum absolute atomic E-state index is 0.0585. The summed E-state index contributed by atoms with van der Waals surface area (Å²) in [5, 5.41) is 3.20. The first-order chi connectivity index (χ1) is 9.63. The average Bonchev–Trinajstić information content (AvgIpc) is 2.96. The molecule has 106 valence electrons. The molecule has 1 unspecified atom stereocenters. The number of carbonyl (C=O) groups excluding carboxylic acids is 2. The summed E-state index contributed by atoms with van der Waals surface area (Å²) in [6, 6.07) is 6.95. The molecule has 1 aliphatic rings. The first-order valence-electron chi connectivity index (χ1n) is 6.49. The Morgan fingerprint density at radius 1 is 1.40 bits per heavy atom. The monoisotopic (exact) mass is 290 g/mol. The largest absolute Gasteiger partial charge is 0.337 e. The van der Waals surface area contributed by atoms with E-state index in [1.165, 1.54) is 6.08 Å². The standard InChI is InChI=1S/C15H18N2O2S/c1-3-14(18)16-12-6-4-11(5-7-12)15(19)17-9-8-13(10-17)20-2/h3-7,13H,1,8-10H2,2H3,(H,16,18). The number of nitrogens with zero attached hydrogens (tertiary/aromatic N) is 1. The van der Waals surface area contributed by atoms with Gasteiger partial charge in [0.15, 0.2) is 0 Å². The smallest absolute Gasteiger partial charge is 0.253 e. The van der Waals surface area contributed by atoms with Crippen molar-refractivity contribution in [3.63, 3.8) is 0 Å². The van der Waals surface area contributed by atoms with Crippen molar-refractivity contribution in [2.45, 2.75) is 11.7 Å². The van der Waals surface area contributed by atoms with Crippen molar-refractivity contribution in [3.05, 3.63) is 42.5 Å². The van der Waals surface area contributed by atoms with Crippen LogP contribution in [0.5, 0.6) is 0 Å². The van der Waals surface area contributed by atoms with Crippen LogP contribution in [0.4, 0.5) is 5.69 Å². The Bertz CT molecular complexity index is 513. The summed E-state index contributed by atoms with van der Waals surface area (Å²) in [7, 11) is 0. The molecule has 20 heavy (non-hydrogen) atoms. The number of amides is 2. The summed E-state index contributed by atoms with van der Waals surface area (Å²) in [5.74, 6) is -0.199. The maximum atomic E-state index is 12.3. The van der Waals surface area contributed by atoms with E-state index in [2.05, 4.69) is 18.2 Å².